The number of Topliss-reactive ketones (excluding diaryl/α,β-unsaturated/α-hetero) is 1. The predicted molar refractivity (Wildman–Crippen MR) is 242 cm³/mol. The van der Waals surface area contributed by atoms with E-state index in [0.29, 0.717) is 85.0 Å². The minimum atomic E-state index is -0.950. The second kappa shape index (κ2) is 20.1. The Morgan fingerprint density at radius 1 is 0.609 bits per heavy atom. The molecule has 0 amide bonds. The standard InChI is InChI=1S/C47H52N6O9S2/c1-7-59-40-17-29-31-15-27(9-11-35(31)52-43(33(29)19-38(40)57-3)25-21-48-46(63-5)49-22-25)61-42(55)14-13-37(54)45(56)62-28-10-12-36-32(16-28)30-18-41(60-8-2)39(58-4)20-34(30)44(53-36)26-23-50-47(64-6)51-24-26/h17-24,27-28,31-32,35-36H,7-16H2,1-6H3/t27-,28-,31-,32-,35-,36-/m1/s1. The van der Waals surface area contributed by atoms with E-state index in [1.54, 1.807) is 39.0 Å². The molecule has 8 rings (SSSR count). The molecule has 2 fully saturated rings. The molecule has 0 radical (unpaired) electrons. The van der Waals surface area contributed by atoms with Gasteiger partial charge in [-0.25, -0.2) is 24.7 Å². The summed E-state index contributed by atoms with van der Waals surface area (Å²) >= 11 is 2.93. The van der Waals surface area contributed by atoms with Gasteiger partial charge in [-0.3, -0.25) is 19.6 Å². The summed E-state index contributed by atoms with van der Waals surface area (Å²) in [5, 5.41) is 1.34. The number of benzene rings is 2. The second-order valence-corrected chi connectivity index (χ2v) is 17.5. The van der Waals surface area contributed by atoms with Crippen LogP contribution in [0.5, 0.6) is 23.0 Å². The van der Waals surface area contributed by atoms with Gasteiger partial charge in [0.15, 0.2) is 33.3 Å². The molecule has 2 aromatic heterocycles. The van der Waals surface area contributed by atoms with E-state index in [0.717, 1.165) is 44.8 Å². The van der Waals surface area contributed by atoms with Crippen LogP contribution in [0.15, 0.2) is 69.4 Å². The van der Waals surface area contributed by atoms with Crippen LogP contribution in [0.4, 0.5) is 0 Å². The number of thioether (sulfide) groups is 2. The molecule has 2 saturated carbocycles. The first-order valence-electron chi connectivity index (χ1n) is 21.7. The largest absolute Gasteiger partial charge is 0.493 e. The van der Waals surface area contributed by atoms with E-state index in [-0.39, 0.29) is 36.8 Å². The molecule has 6 atom stereocenters. The average molecular weight is 909 g/mol. The molecule has 4 aliphatic rings. The number of carbonyl (C=O) groups is 3. The number of esters is 2. The second-order valence-electron chi connectivity index (χ2n) is 16.0. The molecule has 0 unspecified atom stereocenters. The van der Waals surface area contributed by atoms with Crippen molar-refractivity contribution in [2.24, 2.45) is 9.98 Å². The maximum Gasteiger partial charge on any atom is 0.374 e. The zero-order chi connectivity index (χ0) is 44.9. The van der Waals surface area contributed by atoms with Crippen LogP contribution in [-0.2, 0) is 23.9 Å². The highest BCUT2D eigenvalue weighted by molar-refractivity contribution is 7.98. The van der Waals surface area contributed by atoms with Gasteiger partial charge in [-0.1, -0.05) is 23.5 Å². The first-order valence-corrected chi connectivity index (χ1v) is 24.1. The molecule has 0 bridgehead atoms. The predicted octanol–water partition coefficient (Wildman–Crippen LogP) is 7.37. The van der Waals surface area contributed by atoms with Gasteiger partial charge in [-0.2, -0.15) is 0 Å². The van der Waals surface area contributed by atoms with Crippen LogP contribution in [0.1, 0.15) is 110 Å². The molecule has 0 saturated heterocycles. The fourth-order valence-corrected chi connectivity index (χ4v) is 9.88. The number of hydrogen-bond acceptors (Lipinski definition) is 17. The van der Waals surface area contributed by atoms with Crippen molar-refractivity contribution in [1.29, 1.82) is 0 Å². The number of nitrogens with zero attached hydrogens (tertiary/aromatic N) is 6. The van der Waals surface area contributed by atoms with E-state index in [1.807, 2.05) is 50.6 Å². The third kappa shape index (κ3) is 9.46. The lowest BCUT2D eigenvalue weighted by Gasteiger charge is -2.38. The van der Waals surface area contributed by atoms with Gasteiger partial charge in [0.2, 0.25) is 5.78 Å². The van der Waals surface area contributed by atoms with E-state index in [1.165, 1.54) is 23.5 Å². The lowest BCUT2D eigenvalue weighted by Crippen LogP contribution is -2.37. The minimum absolute atomic E-state index is 0.0600. The SMILES string of the molecule is CCOc1cc2c(cc1OC)C(c1cnc(SC)nc1)=N[C@@H]1CC[C@@H](OC(=O)CCC(=O)C(=O)O[C@@H]3CC[C@H]4N=C(c5cnc(SC)nc5)c5cc(OC)c(OCC)cc5[C@H]4C3)C[C@H]21. The number of ketones is 1. The maximum absolute atomic E-state index is 13.3. The lowest BCUT2D eigenvalue weighted by atomic mass is 9.74. The topological polar surface area (TPSA) is 183 Å². The van der Waals surface area contributed by atoms with Crippen LogP contribution in [0.2, 0.25) is 0 Å². The number of aliphatic imine (C=N–C) groups is 2. The summed E-state index contributed by atoms with van der Waals surface area (Å²) in [6.07, 6.45) is 13.0. The molecule has 4 heterocycles. The van der Waals surface area contributed by atoms with Crippen molar-refractivity contribution in [3.63, 3.8) is 0 Å². The minimum Gasteiger partial charge on any atom is -0.493 e. The van der Waals surface area contributed by atoms with E-state index >= 15 is 0 Å². The first-order chi connectivity index (χ1) is 31.1. The van der Waals surface area contributed by atoms with E-state index in [2.05, 4.69) is 19.9 Å². The molecular weight excluding hydrogens is 857 g/mol. The molecule has 0 spiro atoms. The lowest BCUT2D eigenvalue weighted by molar-refractivity contribution is -0.160. The van der Waals surface area contributed by atoms with Gasteiger partial charge in [0.05, 0.1) is 57.4 Å². The average Bonchev–Trinajstić information content (AvgIpc) is 3.32. The number of aromatic nitrogens is 4. The third-order valence-corrected chi connectivity index (χ3v) is 13.4. The molecule has 0 N–H and O–H groups in total. The zero-order valence-electron chi connectivity index (χ0n) is 36.8. The fraction of sp³-hybridized carbons (Fsp3) is 0.468. The smallest absolute Gasteiger partial charge is 0.374 e. The van der Waals surface area contributed by atoms with Crippen molar-refractivity contribution in [3.8, 4) is 23.0 Å². The van der Waals surface area contributed by atoms with E-state index in [9.17, 15) is 14.4 Å². The number of hydrogen-bond donors (Lipinski definition) is 0. The number of methoxy groups -OCH3 is 2. The quantitative estimate of drug-likeness (QED) is 0.0470. The molecule has 2 aliphatic heterocycles. The van der Waals surface area contributed by atoms with Crippen molar-refractivity contribution in [2.75, 3.05) is 39.9 Å². The normalized spacial score (nSPS) is 22.0. The maximum atomic E-state index is 13.3. The van der Waals surface area contributed by atoms with Crippen molar-refractivity contribution in [2.45, 2.75) is 112 Å². The van der Waals surface area contributed by atoms with Gasteiger partial charge >= 0.3 is 11.9 Å². The third-order valence-electron chi connectivity index (χ3n) is 12.2. The number of fused-ring (bicyclic) bond motifs is 6. The van der Waals surface area contributed by atoms with E-state index in [4.69, 9.17) is 38.4 Å². The van der Waals surface area contributed by atoms with Crippen LogP contribution in [0.25, 0.3) is 0 Å². The van der Waals surface area contributed by atoms with Gasteiger partial charge in [0.1, 0.15) is 12.2 Å². The molecule has 15 nitrogen and oxygen atoms in total. The Labute approximate surface area is 381 Å². The summed E-state index contributed by atoms with van der Waals surface area (Å²) in [7, 11) is 3.21. The van der Waals surface area contributed by atoms with Crippen LogP contribution in [-0.4, -0.2) is 113 Å². The Hall–Kier alpha value is -5.55. The Balaban J connectivity index is 0.902. The highest BCUT2D eigenvalue weighted by Crippen LogP contribution is 2.47. The van der Waals surface area contributed by atoms with Gasteiger partial charge in [0.25, 0.3) is 0 Å². The van der Waals surface area contributed by atoms with Crippen molar-refractivity contribution in [3.05, 3.63) is 82.4 Å². The highest BCUT2D eigenvalue weighted by Gasteiger charge is 2.41. The van der Waals surface area contributed by atoms with Crippen LogP contribution >= 0.6 is 23.5 Å². The number of carbonyl (C=O) groups excluding carboxylic acids is 3. The number of ether oxygens (including phenoxy) is 6. The zero-order valence-corrected chi connectivity index (χ0v) is 38.5. The summed E-state index contributed by atoms with van der Waals surface area (Å²) in [6, 6.07) is 7.71. The van der Waals surface area contributed by atoms with E-state index < -0.39 is 29.9 Å². The van der Waals surface area contributed by atoms with Gasteiger partial charge in [-0.15, -0.1) is 0 Å². The van der Waals surface area contributed by atoms with Gasteiger partial charge in [0, 0.05) is 65.3 Å². The Bertz CT molecular complexity index is 2450. The fourth-order valence-electron chi connectivity index (χ4n) is 9.25. The van der Waals surface area contributed by atoms with Crippen molar-refractivity contribution >= 4 is 52.7 Å². The van der Waals surface area contributed by atoms with Gasteiger partial charge in [-0.05, 0) is 100 Å². The Morgan fingerprint density at radius 2 is 1.06 bits per heavy atom. The van der Waals surface area contributed by atoms with Crippen LogP contribution < -0.4 is 18.9 Å². The summed E-state index contributed by atoms with van der Waals surface area (Å²) in [6.45, 7) is 4.75. The first kappa shape index (κ1) is 45.0. The molecule has 17 heteroatoms. The molecule has 2 aromatic carbocycles. The Morgan fingerprint density at radius 3 is 1.48 bits per heavy atom. The van der Waals surface area contributed by atoms with Crippen LogP contribution in [0, 0.1) is 0 Å². The number of rotatable bonds is 16. The van der Waals surface area contributed by atoms with Gasteiger partial charge < -0.3 is 28.4 Å². The van der Waals surface area contributed by atoms with Crippen molar-refractivity contribution < 1.29 is 42.8 Å². The highest BCUT2D eigenvalue weighted by atomic mass is 32.2. The van der Waals surface area contributed by atoms with Crippen LogP contribution in [0.3, 0.4) is 0 Å². The van der Waals surface area contributed by atoms with Crippen molar-refractivity contribution in [1.82, 2.24) is 19.9 Å². The monoisotopic (exact) mass is 908 g/mol. The molecule has 2 aliphatic carbocycles. The Kier molecular flexibility index (Phi) is 14.1. The summed E-state index contributed by atoms with van der Waals surface area (Å²) < 4.78 is 35.2. The molecule has 64 heavy (non-hydrogen) atoms. The summed E-state index contributed by atoms with van der Waals surface area (Å²) in [5.74, 6) is -0.0196. The summed E-state index contributed by atoms with van der Waals surface area (Å²) in [4.78, 5) is 68.0. The molecular formula is C47H52N6O9S2. The molecule has 4 aromatic rings. The molecule has 336 valence electrons. The summed E-state index contributed by atoms with van der Waals surface area (Å²) in [5.41, 5.74) is 6.91.